The summed E-state index contributed by atoms with van der Waals surface area (Å²) in [5.41, 5.74) is 3.64. The van der Waals surface area contributed by atoms with Gasteiger partial charge < -0.3 is 20.1 Å². The second kappa shape index (κ2) is 8.88. The van der Waals surface area contributed by atoms with Gasteiger partial charge in [0.25, 0.3) is 0 Å². The van der Waals surface area contributed by atoms with E-state index in [1.807, 2.05) is 54.7 Å². The van der Waals surface area contributed by atoms with Crippen LogP contribution in [0.5, 0.6) is 5.75 Å². The number of ether oxygens (including phenoxy) is 2. The fraction of sp³-hybridized carbons (Fsp3) is 0.174. The monoisotopic (exact) mass is 496 g/mol. The summed E-state index contributed by atoms with van der Waals surface area (Å²) in [7, 11) is 2.90. The quantitative estimate of drug-likeness (QED) is 0.518. The topological polar surface area (TPSA) is 94.5 Å². The number of hydrogen-bond donors (Lipinski definition) is 2. The number of esters is 1. The normalized spacial score (nSPS) is 15.8. The van der Waals surface area contributed by atoms with Crippen molar-refractivity contribution in [1.82, 2.24) is 20.4 Å². The van der Waals surface area contributed by atoms with E-state index in [0.717, 1.165) is 15.7 Å². The van der Waals surface area contributed by atoms with Crippen molar-refractivity contribution in [2.24, 2.45) is 0 Å². The lowest BCUT2D eigenvalue weighted by molar-refractivity contribution is -0.136. The number of amides is 2. The summed E-state index contributed by atoms with van der Waals surface area (Å²) in [4.78, 5) is 24.9. The average molecular weight is 497 g/mol. The number of aromatic nitrogens is 2. The number of benzene rings is 2. The lowest BCUT2D eigenvalue weighted by Gasteiger charge is -2.27. The van der Waals surface area contributed by atoms with E-state index in [9.17, 15) is 9.59 Å². The van der Waals surface area contributed by atoms with Crippen LogP contribution in [0.15, 0.2) is 70.5 Å². The van der Waals surface area contributed by atoms with Gasteiger partial charge in [-0.1, -0.05) is 18.2 Å². The van der Waals surface area contributed by atoms with Gasteiger partial charge in [-0.15, -0.1) is 0 Å². The summed E-state index contributed by atoms with van der Waals surface area (Å²) in [6.07, 6.45) is 1.81. The van der Waals surface area contributed by atoms with Crippen LogP contribution in [0, 0.1) is 0 Å². The van der Waals surface area contributed by atoms with E-state index < -0.39 is 18.0 Å². The van der Waals surface area contributed by atoms with E-state index in [1.54, 1.807) is 18.7 Å². The summed E-state index contributed by atoms with van der Waals surface area (Å²) in [6.45, 7) is 1.67. The van der Waals surface area contributed by atoms with Gasteiger partial charge in [0, 0.05) is 23.0 Å². The highest BCUT2D eigenvalue weighted by Crippen LogP contribution is 2.37. The summed E-state index contributed by atoms with van der Waals surface area (Å²) in [6, 6.07) is 14.0. The standard InChI is InChI=1S/C23H21BrN4O4/c1-13-19(22(29)32-3)21(26-23(30)25-13)16-12-28(15-7-5-4-6-8-15)27-20(16)14-9-10-18(31-2)17(24)11-14/h4-12,21H,1-3H3,(H2,25,26,30)/t21-/m0/s1. The molecule has 0 unspecified atom stereocenters. The predicted octanol–water partition coefficient (Wildman–Crippen LogP) is 4.11. The smallest absolute Gasteiger partial charge is 0.337 e. The van der Waals surface area contributed by atoms with E-state index >= 15 is 0 Å². The third-order valence-electron chi connectivity index (χ3n) is 5.17. The Morgan fingerprint density at radius 3 is 2.56 bits per heavy atom. The molecule has 0 bridgehead atoms. The molecule has 2 aromatic carbocycles. The van der Waals surface area contributed by atoms with Gasteiger partial charge >= 0.3 is 12.0 Å². The van der Waals surface area contributed by atoms with Crippen molar-refractivity contribution >= 4 is 27.9 Å². The first-order valence-corrected chi connectivity index (χ1v) is 10.6. The van der Waals surface area contributed by atoms with Crippen LogP contribution < -0.4 is 15.4 Å². The number of rotatable bonds is 5. The molecule has 0 aliphatic carbocycles. The minimum absolute atomic E-state index is 0.313. The lowest BCUT2D eigenvalue weighted by Crippen LogP contribution is -2.45. The van der Waals surface area contributed by atoms with Gasteiger partial charge in [-0.25, -0.2) is 14.3 Å². The molecule has 1 atom stereocenters. The lowest BCUT2D eigenvalue weighted by atomic mass is 9.94. The summed E-state index contributed by atoms with van der Waals surface area (Å²) in [5.74, 6) is 0.147. The molecule has 8 nitrogen and oxygen atoms in total. The molecule has 0 saturated carbocycles. The van der Waals surface area contributed by atoms with Gasteiger partial charge in [-0.2, -0.15) is 5.10 Å². The van der Waals surface area contributed by atoms with E-state index in [-0.39, 0.29) is 0 Å². The Morgan fingerprint density at radius 1 is 1.16 bits per heavy atom. The van der Waals surface area contributed by atoms with Crippen molar-refractivity contribution in [3.8, 4) is 22.7 Å². The molecule has 9 heteroatoms. The molecule has 1 aromatic heterocycles. The van der Waals surface area contributed by atoms with Crippen LogP contribution in [0.2, 0.25) is 0 Å². The molecule has 0 radical (unpaired) electrons. The first kappa shape index (κ1) is 21.6. The molecule has 0 fully saturated rings. The second-order valence-corrected chi connectivity index (χ2v) is 7.98. The minimum Gasteiger partial charge on any atom is -0.496 e. The van der Waals surface area contributed by atoms with Crippen LogP contribution in [0.25, 0.3) is 16.9 Å². The molecule has 0 saturated heterocycles. The highest BCUT2D eigenvalue weighted by Gasteiger charge is 2.35. The molecule has 1 aliphatic rings. The second-order valence-electron chi connectivity index (χ2n) is 7.12. The van der Waals surface area contributed by atoms with Crippen LogP contribution in [-0.2, 0) is 9.53 Å². The Balaban J connectivity index is 1.93. The van der Waals surface area contributed by atoms with Crippen molar-refractivity contribution in [3.05, 3.63) is 76.0 Å². The number of halogens is 1. The number of nitrogens with zero attached hydrogens (tertiary/aromatic N) is 2. The number of nitrogens with one attached hydrogen (secondary N) is 2. The molecular weight excluding hydrogens is 476 g/mol. The zero-order chi connectivity index (χ0) is 22.8. The van der Waals surface area contributed by atoms with Crippen LogP contribution >= 0.6 is 15.9 Å². The molecule has 2 N–H and O–H groups in total. The van der Waals surface area contributed by atoms with Crippen molar-refractivity contribution < 1.29 is 19.1 Å². The van der Waals surface area contributed by atoms with Gasteiger partial charge in [0.2, 0.25) is 0 Å². The Kier molecular flexibility index (Phi) is 6.00. The van der Waals surface area contributed by atoms with Gasteiger partial charge in [0.15, 0.2) is 0 Å². The number of allylic oxidation sites excluding steroid dienone is 1. The van der Waals surface area contributed by atoms with Gasteiger partial charge in [0.1, 0.15) is 5.75 Å². The molecule has 164 valence electrons. The van der Waals surface area contributed by atoms with E-state index in [4.69, 9.17) is 14.6 Å². The number of methoxy groups -OCH3 is 2. The van der Waals surface area contributed by atoms with Crippen LogP contribution in [0.1, 0.15) is 18.5 Å². The molecule has 1 aliphatic heterocycles. The van der Waals surface area contributed by atoms with Gasteiger partial charge in [-0.05, 0) is 53.2 Å². The van der Waals surface area contributed by atoms with Crippen LogP contribution in [0.4, 0.5) is 4.79 Å². The maximum absolute atomic E-state index is 12.6. The van der Waals surface area contributed by atoms with Gasteiger partial charge in [-0.3, -0.25) is 0 Å². The molecule has 4 rings (SSSR count). The minimum atomic E-state index is -0.746. The third-order valence-corrected chi connectivity index (χ3v) is 5.79. The number of carbonyl (C=O) groups excluding carboxylic acids is 2. The zero-order valence-corrected chi connectivity index (χ0v) is 19.3. The number of urea groups is 1. The van der Waals surface area contributed by atoms with Crippen LogP contribution in [-0.4, -0.2) is 36.0 Å². The fourth-order valence-electron chi connectivity index (χ4n) is 3.66. The molecule has 32 heavy (non-hydrogen) atoms. The van der Waals surface area contributed by atoms with Gasteiger partial charge in [0.05, 0.1) is 41.7 Å². The maximum atomic E-state index is 12.6. The summed E-state index contributed by atoms with van der Waals surface area (Å²) >= 11 is 3.52. The molecule has 3 aromatic rings. The molecule has 2 amide bonds. The summed E-state index contributed by atoms with van der Waals surface area (Å²) < 4.78 is 12.8. The number of para-hydroxylation sites is 1. The highest BCUT2D eigenvalue weighted by molar-refractivity contribution is 9.10. The molecule has 2 heterocycles. The summed E-state index contributed by atoms with van der Waals surface area (Å²) in [5, 5.41) is 10.3. The zero-order valence-electron chi connectivity index (χ0n) is 17.7. The maximum Gasteiger partial charge on any atom is 0.337 e. The number of hydrogen-bond acceptors (Lipinski definition) is 5. The third kappa shape index (κ3) is 3.99. The average Bonchev–Trinajstić information content (AvgIpc) is 3.24. The van der Waals surface area contributed by atoms with E-state index in [0.29, 0.717) is 28.3 Å². The first-order chi connectivity index (χ1) is 15.4. The van der Waals surface area contributed by atoms with Crippen molar-refractivity contribution in [2.75, 3.05) is 14.2 Å². The van der Waals surface area contributed by atoms with E-state index in [1.165, 1.54) is 7.11 Å². The van der Waals surface area contributed by atoms with Crippen molar-refractivity contribution in [3.63, 3.8) is 0 Å². The Labute approximate surface area is 193 Å². The van der Waals surface area contributed by atoms with Crippen molar-refractivity contribution in [1.29, 1.82) is 0 Å². The molecule has 0 spiro atoms. The SMILES string of the molecule is COC(=O)C1=C(C)NC(=O)N[C@H]1c1cn(-c2ccccc2)nc1-c1ccc(OC)c(Br)c1. The fourth-order valence-corrected chi connectivity index (χ4v) is 4.20. The Hall–Kier alpha value is -3.59. The van der Waals surface area contributed by atoms with Crippen LogP contribution in [0.3, 0.4) is 0 Å². The Morgan fingerprint density at radius 2 is 1.91 bits per heavy atom. The number of carbonyl (C=O) groups is 2. The largest absolute Gasteiger partial charge is 0.496 e. The Bertz CT molecular complexity index is 1220. The first-order valence-electron chi connectivity index (χ1n) is 9.78. The predicted molar refractivity (Wildman–Crippen MR) is 122 cm³/mol. The highest BCUT2D eigenvalue weighted by atomic mass is 79.9. The molecular formula is C23H21BrN4O4. The van der Waals surface area contributed by atoms with E-state index in [2.05, 4.69) is 26.6 Å². The van der Waals surface area contributed by atoms with Crippen molar-refractivity contribution in [2.45, 2.75) is 13.0 Å².